The minimum atomic E-state index is 0.0525. The van der Waals surface area contributed by atoms with E-state index in [9.17, 15) is 0 Å². The fraction of sp³-hybridized carbons (Fsp3) is 0.500. The van der Waals surface area contributed by atoms with Crippen LogP contribution in [0.15, 0.2) is 23.4 Å². The van der Waals surface area contributed by atoms with E-state index in [2.05, 4.69) is 10.1 Å². The summed E-state index contributed by atoms with van der Waals surface area (Å²) in [4.78, 5) is 2.29. The normalized spacial score (nSPS) is 19.6. The van der Waals surface area contributed by atoms with E-state index in [0.29, 0.717) is 16.6 Å². The molecule has 1 aromatic rings. The highest BCUT2D eigenvalue weighted by Crippen LogP contribution is 2.34. The smallest absolute Gasteiger partial charge is 0.170 e. The van der Waals surface area contributed by atoms with Gasteiger partial charge in [0.1, 0.15) is 0 Å². The fourth-order valence-corrected chi connectivity index (χ4v) is 3.03. The molecule has 1 heterocycles. The van der Waals surface area contributed by atoms with Gasteiger partial charge in [-0.1, -0.05) is 16.8 Å². The Kier molecular flexibility index (Phi) is 5.09. The van der Waals surface area contributed by atoms with Crippen molar-refractivity contribution < 1.29 is 10.3 Å². The first-order valence-corrected chi connectivity index (χ1v) is 7.20. The Bertz CT molecular complexity index is 493. The first-order valence-electron chi connectivity index (χ1n) is 6.82. The summed E-state index contributed by atoms with van der Waals surface area (Å²) in [6.07, 6.45) is 4.03. The maximum atomic E-state index is 8.97. The Hall–Kier alpha value is -1.46. The number of oxime groups is 1. The molecule has 0 spiro atoms. The van der Waals surface area contributed by atoms with Crippen molar-refractivity contribution in [2.24, 2.45) is 10.9 Å². The van der Waals surface area contributed by atoms with Gasteiger partial charge < -0.3 is 20.9 Å². The second-order valence-corrected chi connectivity index (χ2v) is 5.41. The van der Waals surface area contributed by atoms with Gasteiger partial charge in [-0.25, -0.2) is 0 Å². The van der Waals surface area contributed by atoms with Crippen LogP contribution in [0.2, 0.25) is 5.02 Å². The molecule has 1 unspecified atom stereocenters. The highest BCUT2D eigenvalue weighted by atomic mass is 35.5. The summed E-state index contributed by atoms with van der Waals surface area (Å²) in [6.45, 7) is 1.19. The Morgan fingerprint density at radius 2 is 2.30 bits per heavy atom. The Labute approximate surface area is 123 Å². The molecule has 1 fully saturated rings. The molecular formula is C14H20ClN3O2. The summed E-state index contributed by atoms with van der Waals surface area (Å²) in [5, 5.41) is 21.2. The number of benzene rings is 1. The molecule has 1 aliphatic rings. The second-order valence-electron chi connectivity index (χ2n) is 5.01. The van der Waals surface area contributed by atoms with Gasteiger partial charge in [0.15, 0.2) is 5.84 Å². The van der Waals surface area contributed by atoms with E-state index in [4.69, 9.17) is 27.6 Å². The lowest BCUT2D eigenvalue weighted by molar-refractivity contribution is 0.279. The second kappa shape index (κ2) is 6.81. The maximum absolute atomic E-state index is 8.97. The van der Waals surface area contributed by atoms with E-state index >= 15 is 0 Å². The molecule has 0 saturated carbocycles. The average Bonchev–Trinajstić information content (AvgIpc) is 2.92. The average molecular weight is 298 g/mol. The van der Waals surface area contributed by atoms with Crippen LogP contribution in [-0.2, 0) is 0 Å². The number of amidine groups is 1. The van der Waals surface area contributed by atoms with Gasteiger partial charge in [-0.2, -0.15) is 0 Å². The molecule has 2 rings (SSSR count). The van der Waals surface area contributed by atoms with Crippen molar-refractivity contribution in [3.05, 3.63) is 28.8 Å². The number of rotatable bonds is 5. The summed E-state index contributed by atoms with van der Waals surface area (Å²) in [6, 6.07) is 5.85. The third kappa shape index (κ3) is 3.16. The number of nitrogens with two attached hydrogens (primary N) is 1. The van der Waals surface area contributed by atoms with Gasteiger partial charge >= 0.3 is 0 Å². The van der Waals surface area contributed by atoms with Gasteiger partial charge in [0.05, 0.1) is 10.7 Å². The summed E-state index contributed by atoms with van der Waals surface area (Å²) in [5.41, 5.74) is 7.14. The number of nitrogens with zero attached hydrogens (tertiary/aromatic N) is 2. The van der Waals surface area contributed by atoms with E-state index in [1.807, 2.05) is 6.07 Å². The molecule has 6 heteroatoms. The molecule has 0 radical (unpaired) electrons. The molecule has 20 heavy (non-hydrogen) atoms. The van der Waals surface area contributed by atoms with Gasteiger partial charge in [-0.3, -0.25) is 0 Å². The zero-order valence-corrected chi connectivity index (χ0v) is 12.1. The summed E-state index contributed by atoms with van der Waals surface area (Å²) in [7, 11) is 0. The Morgan fingerprint density at radius 1 is 1.50 bits per heavy atom. The molecule has 0 aliphatic carbocycles. The van der Waals surface area contributed by atoms with Crippen LogP contribution in [0.3, 0.4) is 0 Å². The van der Waals surface area contributed by atoms with Crippen LogP contribution < -0.4 is 10.6 Å². The molecule has 110 valence electrons. The molecule has 1 atom stereocenters. The predicted octanol–water partition coefficient (Wildman–Crippen LogP) is 2.18. The molecule has 5 nitrogen and oxygen atoms in total. The van der Waals surface area contributed by atoms with E-state index in [1.54, 1.807) is 12.1 Å². The van der Waals surface area contributed by atoms with E-state index in [1.165, 1.54) is 0 Å². The van der Waals surface area contributed by atoms with Crippen molar-refractivity contribution in [3.63, 3.8) is 0 Å². The van der Waals surface area contributed by atoms with Crippen LogP contribution in [0, 0.1) is 0 Å². The molecule has 1 saturated heterocycles. The van der Waals surface area contributed by atoms with Crippen molar-refractivity contribution >= 4 is 23.1 Å². The van der Waals surface area contributed by atoms with Crippen LogP contribution >= 0.6 is 11.6 Å². The molecule has 1 aromatic carbocycles. The largest absolute Gasteiger partial charge is 0.409 e. The third-order valence-corrected chi connectivity index (χ3v) is 4.04. The molecule has 0 bridgehead atoms. The topological polar surface area (TPSA) is 82.1 Å². The number of halogens is 1. The lowest BCUT2D eigenvalue weighted by atomic mass is 10.1. The van der Waals surface area contributed by atoms with Crippen LogP contribution in [0.5, 0.6) is 0 Å². The monoisotopic (exact) mass is 297 g/mol. The first-order chi connectivity index (χ1) is 9.67. The first kappa shape index (κ1) is 14.9. The van der Waals surface area contributed by atoms with Crippen LogP contribution in [-0.4, -0.2) is 35.3 Å². The zero-order chi connectivity index (χ0) is 14.5. The van der Waals surface area contributed by atoms with Gasteiger partial charge in [0.25, 0.3) is 0 Å². The number of aliphatic hydroxyl groups excluding tert-OH is 1. The van der Waals surface area contributed by atoms with E-state index in [0.717, 1.165) is 37.9 Å². The fourth-order valence-electron chi connectivity index (χ4n) is 2.74. The van der Waals surface area contributed by atoms with Gasteiger partial charge in [0.2, 0.25) is 0 Å². The van der Waals surface area contributed by atoms with Crippen LogP contribution in [0.1, 0.15) is 31.2 Å². The van der Waals surface area contributed by atoms with E-state index in [-0.39, 0.29) is 12.4 Å². The summed E-state index contributed by atoms with van der Waals surface area (Å²) < 4.78 is 0. The van der Waals surface area contributed by atoms with Gasteiger partial charge in [-0.15, -0.1) is 0 Å². The Balaban J connectivity index is 2.19. The number of hydrogen-bond donors (Lipinski definition) is 3. The summed E-state index contributed by atoms with van der Waals surface area (Å²) in [5.74, 6) is 0.0525. The van der Waals surface area contributed by atoms with Crippen molar-refractivity contribution in [2.75, 3.05) is 18.1 Å². The molecule has 0 amide bonds. The number of aliphatic hydroxyl groups is 1. The molecule has 4 N–H and O–H groups in total. The predicted molar refractivity (Wildman–Crippen MR) is 80.7 cm³/mol. The Morgan fingerprint density at radius 3 is 2.95 bits per heavy atom. The van der Waals surface area contributed by atoms with E-state index < -0.39 is 0 Å². The highest BCUT2D eigenvalue weighted by Gasteiger charge is 2.25. The van der Waals surface area contributed by atoms with Crippen LogP contribution in [0.25, 0.3) is 0 Å². The van der Waals surface area contributed by atoms with Gasteiger partial charge in [-0.05, 0) is 43.9 Å². The lowest BCUT2D eigenvalue weighted by Crippen LogP contribution is -2.29. The molecule has 0 aromatic heterocycles. The lowest BCUT2D eigenvalue weighted by Gasteiger charge is -2.28. The molecule has 1 aliphatic heterocycles. The maximum Gasteiger partial charge on any atom is 0.170 e. The third-order valence-electron chi connectivity index (χ3n) is 3.73. The summed E-state index contributed by atoms with van der Waals surface area (Å²) >= 11 is 6.33. The molecular weight excluding hydrogens is 278 g/mol. The van der Waals surface area contributed by atoms with Gasteiger partial charge in [0, 0.05) is 24.8 Å². The van der Waals surface area contributed by atoms with Crippen molar-refractivity contribution in [2.45, 2.75) is 31.7 Å². The minimum Gasteiger partial charge on any atom is -0.409 e. The SMILES string of the molecule is NC(=NO)c1ccc(N2CCCC2CCCO)c(Cl)c1. The minimum absolute atomic E-state index is 0.0525. The number of anilines is 1. The number of hydrogen-bond acceptors (Lipinski definition) is 4. The highest BCUT2D eigenvalue weighted by molar-refractivity contribution is 6.33. The standard InChI is InChI=1S/C14H20ClN3O2/c15-12-9-10(14(16)17-20)5-6-13(12)18-7-1-3-11(18)4-2-8-19/h5-6,9,11,19-20H,1-4,7-8H2,(H2,16,17). The van der Waals surface area contributed by atoms with Crippen molar-refractivity contribution in [1.29, 1.82) is 0 Å². The van der Waals surface area contributed by atoms with Crippen molar-refractivity contribution in [3.8, 4) is 0 Å². The van der Waals surface area contributed by atoms with Crippen molar-refractivity contribution in [1.82, 2.24) is 0 Å². The van der Waals surface area contributed by atoms with Crippen LogP contribution in [0.4, 0.5) is 5.69 Å². The quantitative estimate of drug-likeness (QED) is 0.337. The zero-order valence-electron chi connectivity index (χ0n) is 11.3.